The summed E-state index contributed by atoms with van der Waals surface area (Å²) >= 11 is 0. The summed E-state index contributed by atoms with van der Waals surface area (Å²) in [4.78, 5) is 0. The molecule has 0 aromatic rings. The predicted octanol–water partition coefficient (Wildman–Crippen LogP) is 1.31. The van der Waals surface area contributed by atoms with Crippen LogP contribution in [0.3, 0.4) is 0 Å². The molecule has 2 nitrogen and oxygen atoms in total. The summed E-state index contributed by atoms with van der Waals surface area (Å²) < 4.78 is 0. The molecule has 0 aromatic heterocycles. The standard InChI is InChI=1S/C9H18O2/c1-2-4-8(10)9(11)7-5-3-6-7/h7-11H,2-6H2,1H3. The second kappa shape index (κ2) is 4.07. The van der Waals surface area contributed by atoms with Gasteiger partial charge in [0.05, 0.1) is 12.2 Å². The van der Waals surface area contributed by atoms with Crippen molar-refractivity contribution in [3.05, 3.63) is 0 Å². The van der Waals surface area contributed by atoms with Gasteiger partial charge in [0.25, 0.3) is 0 Å². The van der Waals surface area contributed by atoms with Crippen LogP contribution in [0.4, 0.5) is 0 Å². The van der Waals surface area contributed by atoms with Crippen LogP contribution < -0.4 is 0 Å². The molecule has 1 aliphatic carbocycles. The van der Waals surface area contributed by atoms with E-state index in [9.17, 15) is 10.2 Å². The van der Waals surface area contributed by atoms with Crippen LogP contribution in [0.2, 0.25) is 0 Å². The fourth-order valence-corrected chi connectivity index (χ4v) is 1.56. The highest BCUT2D eigenvalue weighted by atomic mass is 16.3. The average molecular weight is 158 g/mol. The molecular formula is C9H18O2. The van der Waals surface area contributed by atoms with Crippen LogP contribution in [0.5, 0.6) is 0 Å². The van der Waals surface area contributed by atoms with E-state index in [2.05, 4.69) is 0 Å². The summed E-state index contributed by atoms with van der Waals surface area (Å²) in [6.45, 7) is 2.02. The Kier molecular flexibility index (Phi) is 3.34. The van der Waals surface area contributed by atoms with Crippen molar-refractivity contribution in [2.24, 2.45) is 5.92 Å². The molecule has 0 bridgehead atoms. The van der Waals surface area contributed by atoms with Crippen molar-refractivity contribution in [3.63, 3.8) is 0 Å². The fourth-order valence-electron chi connectivity index (χ4n) is 1.56. The van der Waals surface area contributed by atoms with Gasteiger partial charge >= 0.3 is 0 Å². The number of rotatable bonds is 4. The molecule has 1 saturated carbocycles. The molecule has 1 rings (SSSR count). The highest BCUT2D eigenvalue weighted by Gasteiger charge is 2.29. The normalized spacial score (nSPS) is 24.3. The van der Waals surface area contributed by atoms with Gasteiger partial charge in [0.15, 0.2) is 0 Å². The maximum absolute atomic E-state index is 9.52. The third-order valence-electron chi connectivity index (χ3n) is 2.61. The van der Waals surface area contributed by atoms with Crippen molar-refractivity contribution >= 4 is 0 Å². The maximum atomic E-state index is 9.52. The molecule has 2 N–H and O–H groups in total. The minimum atomic E-state index is -0.481. The molecule has 0 radical (unpaired) electrons. The molecule has 0 saturated heterocycles. The minimum Gasteiger partial charge on any atom is -0.390 e. The van der Waals surface area contributed by atoms with Crippen molar-refractivity contribution in [2.45, 2.75) is 51.2 Å². The van der Waals surface area contributed by atoms with E-state index >= 15 is 0 Å². The molecule has 11 heavy (non-hydrogen) atoms. The van der Waals surface area contributed by atoms with Crippen molar-refractivity contribution in [3.8, 4) is 0 Å². The molecular weight excluding hydrogens is 140 g/mol. The van der Waals surface area contributed by atoms with Crippen LogP contribution in [0.1, 0.15) is 39.0 Å². The summed E-state index contributed by atoms with van der Waals surface area (Å²) in [7, 11) is 0. The SMILES string of the molecule is CCCC(O)C(O)C1CCC1. The first kappa shape index (κ1) is 9.01. The highest BCUT2D eigenvalue weighted by Crippen LogP contribution is 2.31. The molecule has 1 aliphatic rings. The van der Waals surface area contributed by atoms with Gasteiger partial charge in [-0.05, 0) is 25.2 Å². The van der Waals surface area contributed by atoms with E-state index < -0.39 is 12.2 Å². The molecule has 66 valence electrons. The van der Waals surface area contributed by atoms with Crippen LogP contribution in [0, 0.1) is 5.92 Å². The second-order valence-corrected chi connectivity index (χ2v) is 3.54. The zero-order chi connectivity index (χ0) is 8.27. The summed E-state index contributed by atoms with van der Waals surface area (Å²) in [6.07, 6.45) is 4.17. The Morgan fingerprint density at radius 2 is 2.00 bits per heavy atom. The van der Waals surface area contributed by atoms with Gasteiger partial charge < -0.3 is 10.2 Å². The van der Waals surface area contributed by atoms with Gasteiger partial charge in [0, 0.05) is 0 Å². The first-order valence-electron chi connectivity index (χ1n) is 4.61. The van der Waals surface area contributed by atoms with E-state index in [0.29, 0.717) is 5.92 Å². The first-order valence-corrected chi connectivity index (χ1v) is 4.61. The summed E-state index contributed by atoms with van der Waals surface area (Å²) in [5.74, 6) is 0.386. The van der Waals surface area contributed by atoms with Crippen molar-refractivity contribution in [1.82, 2.24) is 0 Å². The first-order chi connectivity index (χ1) is 5.25. The molecule has 0 aromatic carbocycles. The molecule has 0 amide bonds. The Morgan fingerprint density at radius 1 is 1.36 bits per heavy atom. The summed E-state index contributed by atoms with van der Waals surface area (Å²) in [5.41, 5.74) is 0. The van der Waals surface area contributed by atoms with Crippen molar-refractivity contribution in [2.75, 3.05) is 0 Å². The lowest BCUT2D eigenvalue weighted by molar-refractivity contribution is -0.0427. The largest absolute Gasteiger partial charge is 0.390 e. The third kappa shape index (κ3) is 2.17. The van der Waals surface area contributed by atoms with E-state index in [1.54, 1.807) is 0 Å². The van der Waals surface area contributed by atoms with E-state index in [0.717, 1.165) is 25.7 Å². The number of aliphatic hydroxyl groups is 2. The monoisotopic (exact) mass is 158 g/mol. The minimum absolute atomic E-state index is 0.386. The van der Waals surface area contributed by atoms with Crippen LogP contribution in [-0.2, 0) is 0 Å². The van der Waals surface area contributed by atoms with E-state index in [4.69, 9.17) is 0 Å². The summed E-state index contributed by atoms with van der Waals surface area (Å²) in [6, 6.07) is 0. The molecule has 0 aliphatic heterocycles. The zero-order valence-corrected chi connectivity index (χ0v) is 7.16. The molecule has 0 spiro atoms. The van der Waals surface area contributed by atoms with Crippen LogP contribution >= 0.6 is 0 Å². The Balaban J connectivity index is 2.21. The second-order valence-electron chi connectivity index (χ2n) is 3.54. The number of hydrogen-bond acceptors (Lipinski definition) is 2. The third-order valence-corrected chi connectivity index (χ3v) is 2.61. The average Bonchev–Trinajstić information content (AvgIpc) is 1.84. The van der Waals surface area contributed by atoms with Crippen LogP contribution in [0.25, 0.3) is 0 Å². The molecule has 1 fully saturated rings. The number of hydrogen-bond donors (Lipinski definition) is 2. The zero-order valence-electron chi connectivity index (χ0n) is 7.16. The van der Waals surface area contributed by atoms with Gasteiger partial charge in [-0.25, -0.2) is 0 Å². The Hall–Kier alpha value is -0.0800. The molecule has 2 atom stereocenters. The molecule has 2 unspecified atom stereocenters. The fraction of sp³-hybridized carbons (Fsp3) is 1.00. The Labute approximate surface area is 68.2 Å². The van der Waals surface area contributed by atoms with Crippen molar-refractivity contribution in [1.29, 1.82) is 0 Å². The van der Waals surface area contributed by atoms with Gasteiger partial charge in [0.1, 0.15) is 0 Å². The maximum Gasteiger partial charge on any atom is 0.0827 e. The quantitative estimate of drug-likeness (QED) is 0.647. The van der Waals surface area contributed by atoms with Gasteiger partial charge in [-0.3, -0.25) is 0 Å². The lowest BCUT2D eigenvalue weighted by Crippen LogP contribution is -2.36. The Bertz CT molecular complexity index is 110. The van der Waals surface area contributed by atoms with Gasteiger partial charge in [-0.1, -0.05) is 19.8 Å². The van der Waals surface area contributed by atoms with Crippen LogP contribution in [0.15, 0.2) is 0 Å². The highest BCUT2D eigenvalue weighted by molar-refractivity contribution is 4.81. The molecule has 0 heterocycles. The predicted molar refractivity (Wildman–Crippen MR) is 44.3 cm³/mol. The van der Waals surface area contributed by atoms with Gasteiger partial charge in [-0.2, -0.15) is 0 Å². The van der Waals surface area contributed by atoms with Crippen molar-refractivity contribution < 1.29 is 10.2 Å². The summed E-state index contributed by atoms with van der Waals surface area (Å²) in [5, 5.41) is 18.9. The topological polar surface area (TPSA) is 40.5 Å². The molecule has 2 heteroatoms. The van der Waals surface area contributed by atoms with Gasteiger partial charge in [0.2, 0.25) is 0 Å². The van der Waals surface area contributed by atoms with E-state index in [1.807, 2.05) is 6.92 Å². The Morgan fingerprint density at radius 3 is 2.36 bits per heavy atom. The van der Waals surface area contributed by atoms with E-state index in [-0.39, 0.29) is 0 Å². The lowest BCUT2D eigenvalue weighted by Gasteiger charge is -2.32. The van der Waals surface area contributed by atoms with Gasteiger partial charge in [-0.15, -0.1) is 0 Å². The number of aliphatic hydroxyl groups excluding tert-OH is 2. The van der Waals surface area contributed by atoms with E-state index in [1.165, 1.54) is 6.42 Å². The smallest absolute Gasteiger partial charge is 0.0827 e. The lowest BCUT2D eigenvalue weighted by atomic mass is 9.79. The van der Waals surface area contributed by atoms with Crippen LogP contribution in [-0.4, -0.2) is 22.4 Å².